The van der Waals surface area contributed by atoms with Gasteiger partial charge in [0, 0.05) is 28.1 Å². The number of benzene rings is 2. The van der Waals surface area contributed by atoms with E-state index < -0.39 is 0 Å². The van der Waals surface area contributed by atoms with E-state index in [1.807, 2.05) is 53.2 Å². The van der Waals surface area contributed by atoms with E-state index in [0.29, 0.717) is 34.1 Å². The van der Waals surface area contributed by atoms with Crippen LogP contribution < -0.4 is 5.32 Å². The van der Waals surface area contributed by atoms with Crippen molar-refractivity contribution in [2.24, 2.45) is 11.8 Å². The highest BCUT2D eigenvalue weighted by Crippen LogP contribution is 2.57. The van der Waals surface area contributed by atoms with Gasteiger partial charge in [-0.2, -0.15) is 5.10 Å². The molecule has 1 N–H and O–H groups in total. The molecule has 2 aromatic carbocycles. The van der Waals surface area contributed by atoms with Crippen LogP contribution in [0.1, 0.15) is 71.2 Å². The second-order valence-corrected chi connectivity index (χ2v) is 10.5. The third-order valence-corrected chi connectivity index (χ3v) is 8.05. The van der Waals surface area contributed by atoms with Crippen molar-refractivity contribution in [1.29, 1.82) is 0 Å². The van der Waals surface area contributed by atoms with Crippen LogP contribution in [0.2, 0.25) is 10.0 Å². The average Bonchev–Trinajstić information content (AvgIpc) is 3.10. The number of carbonyl (C=O) groups is 1. The topological polar surface area (TPSA) is 46.9 Å². The molecule has 1 aromatic heterocycles. The number of amides is 1. The van der Waals surface area contributed by atoms with Gasteiger partial charge in [-0.25, -0.2) is 4.68 Å². The quantitative estimate of drug-likeness (QED) is 0.477. The zero-order valence-electron chi connectivity index (χ0n) is 17.7. The normalized spacial score (nSPS) is 25.4. The number of carbonyl (C=O) groups excluding carboxylic acids is 1. The van der Waals surface area contributed by atoms with Gasteiger partial charge in [0.05, 0.1) is 11.4 Å². The Morgan fingerprint density at radius 1 is 0.875 bits per heavy atom. The summed E-state index contributed by atoms with van der Waals surface area (Å²) in [5.74, 6) is 2.35. The Labute approximate surface area is 197 Å². The smallest absolute Gasteiger partial charge is 0.272 e. The summed E-state index contributed by atoms with van der Waals surface area (Å²) in [6.07, 6.45) is 6.15. The molecule has 0 spiro atoms. The molecule has 0 aliphatic heterocycles. The Morgan fingerprint density at radius 2 is 1.47 bits per heavy atom. The molecule has 4 bridgehead atoms. The van der Waals surface area contributed by atoms with Gasteiger partial charge in [-0.3, -0.25) is 4.79 Å². The molecule has 7 rings (SSSR count). The van der Waals surface area contributed by atoms with Gasteiger partial charge in [-0.05, 0) is 91.8 Å². The van der Waals surface area contributed by atoms with Gasteiger partial charge in [0.1, 0.15) is 0 Å². The number of nitrogens with zero attached hydrogens (tertiary/aromatic N) is 2. The summed E-state index contributed by atoms with van der Waals surface area (Å²) in [5.41, 5.74) is 5.05. The molecule has 4 aliphatic rings. The summed E-state index contributed by atoms with van der Waals surface area (Å²) >= 11 is 12.1. The van der Waals surface area contributed by atoms with Gasteiger partial charge in [0.25, 0.3) is 5.91 Å². The molecule has 4 aliphatic carbocycles. The van der Waals surface area contributed by atoms with E-state index in [1.165, 1.54) is 43.4 Å². The Morgan fingerprint density at radius 3 is 2.12 bits per heavy atom. The zero-order valence-corrected chi connectivity index (χ0v) is 19.2. The predicted octanol–water partition coefficient (Wildman–Crippen LogP) is 6.50. The van der Waals surface area contributed by atoms with E-state index in [1.54, 1.807) is 0 Å². The van der Waals surface area contributed by atoms with Crippen molar-refractivity contribution in [1.82, 2.24) is 15.1 Å². The summed E-state index contributed by atoms with van der Waals surface area (Å²) in [7, 11) is 0. The third kappa shape index (κ3) is 3.54. The summed E-state index contributed by atoms with van der Waals surface area (Å²) in [6, 6.07) is 15.4. The average molecular weight is 466 g/mol. The van der Waals surface area contributed by atoms with Gasteiger partial charge in [0.2, 0.25) is 0 Å². The summed E-state index contributed by atoms with van der Waals surface area (Å²) in [5, 5.41) is 9.42. The third-order valence-electron chi connectivity index (χ3n) is 7.54. The van der Waals surface area contributed by atoms with Crippen molar-refractivity contribution < 1.29 is 4.79 Å². The predicted molar refractivity (Wildman–Crippen MR) is 127 cm³/mol. The molecule has 3 aromatic rings. The van der Waals surface area contributed by atoms with E-state index in [9.17, 15) is 4.79 Å². The second kappa shape index (κ2) is 7.93. The van der Waals surface area contributed by atoms with E-state index in [-0.39, 0.29) is 5.91 Å². The number of rotatable bonds is 4. The molecule has 32 heavy (non-hydrogen) atoms. The van der Waals surface area contributed by atoms with Crippen LogP contribution in [-0.4, -0.2) is 15.7 Å². The van der Waals surface area contributed by atoms with Gasteiger partial charge >= 0.3 is 0 Å². The fourth-order valence-corrected chi connectivity index (χ4v) is 6.62. The lowest BCUT2D eigenvalue weighted by atomic mass is 9.67. The van der Waals surface area contributed by atoms with Crippen LogP contribution in [0.3, 0.4) is 0 Å². The molecule has 2 fully saturated rings. The molecule has 0 saturated heterocycles. The van der Waals surface area contributed by atoms with Crippen molar-refractivity contribution >= 4 is 29.1 Å². The minimum atomic E-state index is -0.0925. The van der Waals surface area contributed by atoms with Crippen LogP contribution in [-0.2, 0) is 6.54 Å². The molecular formula is C26H25Cl2N3O. The van der Waals surface area contributed by atoms with Crippen LogP contribution in [0.25, 0.3) is 5.69 Å². The summed E-state index contributed by atoms with van der Waals surface area (Å²) in [4.78, 5) is 13.4. The number of nitrogens with one attached hydrogen (secondary N) is 1. The van der Waals surface area contributed by atoms with Crippen molar-refractivity contribution in [3.05, 3.63) is 81.1 Å². The fourth-order valence-electron chi connectivity index (χ4n) is 6.36. The lowest BCUT2D eigenvalue weighted by molar-refractivity contribution is 0.0942. The minimum absolute atomic E-state index is 0.0925. The first-order valence-electron chi connectivity index (χ1n) is 11.5. The van der Waals surface area contributed by atoms with Crippen LogP contribution in [0, 0.1) is 11.8 Å². The summed E-state index contributed by atoms with van der Waals surface area (Å²) in [6.45, 7) is 0.456. The molecule has 0 radical (unpaired) electrons. The van der Waals surface area contributed by atoms with E-state index >= 15 is 0 Å². The largest absolute Gasteiger partial charge is 0.347 e. The summed E-state index contributed by atoms with van der Waals surface area (Å²) < 4.78 is 2.04. The van der Waals surface area contributed by atoms with Crippen molar-refractivity contribution in [3.8, 4) is 5.69 Å². The first-order valence-corrected chi connectivity index (χ1v) is 12.2. The molecule has 1 heterocycles. The standard InChI is InChI=1S/C26H25Cl2N3O/c27-20-3-1-15(2-4-20)14-29-26(32)24-23-18-10-16-9-17(11-18)13-19(12-16)25(23)31(30-24)22-7-5-21(28)6-8-22/h1-8,16-19H,9-14H2,(H,29,32). The Balaban J connectivity index is 1.40. The molecule has 6 heteroatoms. The monoisotopic (exact) mass is 465 g/mol. The van der Waals surface area contributed by atoms with Crippen LogP contribution in [0.5, 0.6) is 0 Å². The maximum Gasteiger partial charge on any atom is 0.272 e. The lowest BCUT2D eigenvalue weighted by Crippen LogP contribution is -2.28. The maximum atomic E-state index is 13.4. The fraction of sp³-hybridized carbons (Fsp3) is 0.385. The van der Waals surface area contributed by atoms with Gasteiger partial charge in [0.15, 0.2) is 5.69 Å². The Hall–Kier alpha value is -2.30. The SMILES string of the molecule is O=C(NCc1ccc(Cl)cc1)c1nn(-c2ccc(Cl)cc2)c2c1C1CC3CC(C1)CC2C3. The Bertz CT molecular complexity index is 1160. The van der Waals surface area contributed by atoms with Crippen molar-refractivity contribution in [3.63, 3.8) is 0 Å². The highest BCUT2D eigenvalue weighted by Gasteiger charge is 2.46. The van der Waals surface area contributed by atoms with Crippen LogP contribution in [0.15, 0.2) is 48.5 Å². The number of hydrogen-bond acceptors (Lipinski definition) is 2. The van der Waals surface area contributed by atoms with Crippen molar-refractivity contribution in [2.45, 2.75) is 50.5 Å². The van der Waals surface area contributed by atoms with Gasteiger partial charge in [-0.1, -0.05) is 35.3 Å². The Kier molecular flexibility index (Phi) is 5.03. The maximum absolute atomic E-state index is 13.4. The number of halogens is 2. The lowest BCUT2D eigenvalue weighted by Gasteiger charge is -2.38. The first kappa shape index (κ1) is 20.3. The van der Waals surface area contributed by atoms with Crippen molar-refractivity contribution in [2.75, 3.05) is 0 Å². The van der Waals surface area contributed by atoms with Gasteiger partial charge < -0.3 is 5.32 Å². The van der Waals surface area contributed by atoms with E-state index in [2.05, 4.69) is 5.32 Å². The second-order valence-electron chi connectivity index (χ2n) is 9.65. The molecule has 1 amide bonds. The molecule has 4 nitrogen and oxygen atoms in total. The molecule has 2 saturated carbocycles. The molecular weight excluding hydrogens is 441 g/mol. The number of hydrogen-bond donors (Lipinski definition) is 1. The number of aromatic nitrogens is 2. The molecule has 2 atom stereocenters. The zero-order chi connectivity index (χ0) is 21.8. The van der Waals surface area contributed by atoms with Gasteiger partial charge in [-0.15, -0.1) is 0 Å². The highest BCUT2D eigenvalue weighted by atomic mass is 35.5. The highest BCUT2D eigenvalue weighted by molar-refractivity contribution is 6.30. The molecule has 2 unspecified atom stereocenters. The van der Waals surface area contributed by atoms with E-state index in [0.717, 1.165) is 23.1 Å². The van der Waals surface area contributed by atoms with E-state index in [4.69, 9.17) is 28.3 Å². The minimum Gasteiger partial charge on any atom is -0.347 e. The first-order chi connectivity index (χ1) is 15.5. The van der Waals surface area contributed by atoms with Crippen LogP contribution in [0.4, 0.5) is 0 Å². The molecule has 164 valence electrons. The van der Waals surface area contributed by atoms with Crippen LogP contribution >= 0.6 is 23.2 Å².